The van der Waals surface area contributed by atoms with Crippen molar-refractivity contribution < 1.29 is 13.2 Å². The van der Waals surface area contributed by atoms with Gasteiger partial charge in [-0.15, -0.1) is 0 Å². The molecule has 0 spiro atoms. The van der Waals surface area contributed by atoms with Crippen LogP contribution in [0.5, 0.6) is 0 Å². The summed E-state index contributed by atoms with van der Waals surface area (Å²) in [5.41, 5.74) is 0.953. The Morgan fingerprint density at radius 1 is 1.44 bits per heavy atom. The van der Waals surface area contributed by atoms with Crippen LogP contribution in [-0.2, 0) is 14.8 Å². The van der Waals surface area contributed by atoms with Gasteiger partial charge in [0, 0.05) is 18.6 Å². The number of amides is 1. The lowest BCUT2D eigenvalue weighted by Gasteiger charge is -2.17. The highest BCUT2D eigenvalue weighted by Gasteiger charge is 2.24. The number of halogens is 1. The van der Waals surface area contributed by atoms with Crippen molar-refractivity contribution in [2.75, 3.05) is 20.6 Å². The fraction of sp³-hybridized carbons (Fsp3) is 0.364. The van der Waals surface area contributed by atoms with Gasteiger partial charge in [0.15, 0.2) is 0 Å². The van der Waals surface area contributed by atoms with E-state index in [-0.39, 0.29) is 17.3 Å². The molecular formula is C11H15BrN2O3S. The normalized spacial score (nSPS) is 11.6. The van der Waals surface area contributed by atoms with Crippen LogP contribution >= 0.6 is 15.9 Å². The first-order valence-electron chi connectivity index (χ1n) is 5.22. The Kier molecular flexibility index (Phi) is 4.89. The van der Waals surface area contributed by atoms with Crippen molar-refractivity contribution in [1.82, 2.24) is 9.62 Å². The van der Waals surface area contributed by atoms with Gasteiger partial charge in [-0.05, 0) is 40.5 Å². The maximum Gasteiger partial charge on any atom is 0.244 e. The van der Waals surface area contributed by atoms with Crippen LogP contribution in [0.25, 0.3) is 0 Å². The van der Waals surface area contributed by atoms with Crippen molar-refractivity contribution in [2.45, 2.75) is 11.8 Å². The maximum absolute atomic E-state index is 12.2. The lowest BCUT2D eigenvalue weighted by Crippen LogP contribution is -2.37. The van der Waals surface area contributed by atoms with Crippen LogP contribution in [0.2, 0.25) is 0 Å². The van der Waals surface area contributed by atoms with Crippen LogP contribution in [0, 0.1) is 6.92 Å². The average Bonchev–Trinajstić information content (AvgIpc) is 2.28. The molecule has 1 rings (SSSR count). The van der Waals surface area contributed by atoms with Crippen LogP contribution in [-0.4, -0.2) is 39.3 Å². The molecule has 0 unspecified atom stereocenters. The van der Waals surface area contributed by atoms with Crippen molar-refractivity contribution >= 4 is 31.9 Å². The van der Waals surface area contributed by atoms with Crippen molar-refractivity contribution in [3.63, 3.8) is 0 Å². The van der Waals surface area contributed by atoms with E-state index in [0.717, 1.165) is 9.87 Å². The molecule has 18 heavy (non-hydrogen) atoms. The smallest absolute Gasteiger partial charge is 0.244 e. The van der Waals surface area contributed by atoms with E-state index in [1.54, 1.807) is 12.1 Å². The topological polar surface area (TPSA) is 66.5 Å². The minimum atomic E-state index is -3.67. The first-order valence-corrected chi connectivity index (χ1v) is 7.45. The number of nitrogens with zero attached hydrogens (tertiary/aromatic N) is 1. The molecule has 1 aromatic rings. The molecule has 100 valence electrons. The largest absolute Gasteiger partial charge is 0.358 e. The molecule has 0 saturated carbocycles. The summed E-state index contributed by atoms with van der Waals surface area (Å²) in [4.78, 5) is 11.4. The summed E-state index contributed by atoms with van der Waals surface area (Å²) < 4.78 is 26.0. The molecule has 0 fully saturated rings. The second-order valence-corrected chi connectivity index (χ2v) is 6.74. The fourth-order valence-electron chi connectivity index (χ4n) is 1.35. The fourth-order valence-corrected chi connectivity index (χ4v) is 3.62. The highest BCUT2D eigenvalue weighted by molar-refractivity contribution is 9.10. The number of rotatable bonds is 4. The first kappa shape index (κ1) is 15.1. The molecule has 0 aliphatic rings. The summed E-state index contributed by atoms with van der Waals surface area (Å²) in [6.45, 7) is 1.66. The van der Waals surface area contributed by atoms with Crippen LogP contribution in [0.4, 0.5) is 0 Å². The summed E-state index contributed by atoms with van der Waals surface area (Å²) >= 11 is 3.23. The van der Waals surface area contributed by atoms with Gasteiger partial charge in [0.2, 0.25) is 15.9 Å². The molecule has 5 nitrogen and oxygen atoms in total. The number of aryl methyl sites for hydroxylation is 1. The van der Waals surface area contributed by atoms with Crippen LogP contribution in [0.15, 0.2) is 27.6 Å². The predicted octanol–water partition coefficient (Wildman–Crippen LogP) is 1.12. The van der Waals surface area contributed by atoms with Gasteiger partial charge in [-0.3, -0.25) is 4.79 Å². The number of benzene rings is 1. The number of carbonyl (C=O) groups excluding carboxylic acids is 1. The number of carbonyl (C=O) groups is 1. The molecule has 0 atom stereocenters. The Morgan fingerprint density at radius 2 is 2.06 bits per heavy atom. The van der Waals surface area contributed by atoms with E-state index in [4.69, 9.17) is 0 Å². The number of nitrogens with one attached hydrogen (secondary N) is 1. The molecule has 0 aromatic heterocycles. The minimum absolute atomic E-state index is 0.152. The molecule has 0 heterocycles. The summed E-state index contributed by atoms with van der Waals surface area (Å²) in [5.74, 6) is -0.357. The van der Waals surface area contributed by atoms with Crippen molar-refractivity contribution in [2.24, 2.45) is 0 Å². The second-order valence-electron chi connectivity index (χ2n) is 3.87. The Balaban J connectivity index is 3.09. The maximum atomic E-state index is 12.2. The van der Waals surface area contributed by atoms with Crippen molar-refractivity contribution in [1.29, 1.82) is 0 Å². The van der Waals surface area contributed by atoms with E-state index in [9.17, 15) is 13.2 Å². The number of hydrogen-bond donors (Lipinski definition) is 1. The van der Waals surface area contributed by atoms with Gasteiger partial charge >= 0.3 is 0 Å². The van der Waals surface area contributed by atoms with E-state index in [2.05, 4.69) is 21.2 Å². The summed E-state index contributed by atoms with van der Waals surface area (Å²) in [6, 6.07) is 4.96. The molecule has 0 aliphatic carbocycles. The quantitative estimate of drug-likeness (QED) is 0.897. The summed E-state index contributed by atoms with van der Waals surface area (Å²) in [5, 5.41) is 2.39. The van der Waals surface area contributed by atoms with Crippen LogP contribution in [0.3, 0.4) is 0 Å². The molecule has 1 aromatic carbocycles. The van der Waals surface area contributed by atoms with Crippen molar-refractivity contribution in [3.8, 4) is 0 Å². The highest BCUT2D eigenvalue weighted by Crippen LogP contribution is 2.25. The van der Waals surface area contributed by atoms with Gasteiger partial charge in [-0.25, -0.2) is 8.42 Å². The van der Waals surface area contributed by atoms with Crippen LogP contribution in [0.1, 0.15) is 5.56 Å². The predicted molar refractivity (Wildman–Crippen MR) is 72.8 cm³/mol. The Morgan fingerprint density at radius 3 is 2.56 bits per heavy atom. The van der Waals surface area contributed by atoms with Gasteiger partial charge in [0.1, 0.15) is 0 Å². The monoisotopic (exact) mass is 334 g/mol. The molecule has 0 saturated heterocycles. The van der Waals surface area contributed by atoms with Gasteiger partial charge in [0.25, 0.3) is 0 Å². The Hall–Kier alpha value is -0.920. The first-order chi connectivity index (χ1) is 8.28. The van der Waals surface area contributed by atoms with E-state index in [0.29, 0.717) is 4.47 Å². The molecule has 0 aliphatic heterocycles. The zero-order valence-corrected chi connectivity index (χ0v) is 12.8. The standard InChI is InChI=1S/C11H15BrN2O3S/c1-8-4-5-10(9(12)6-8)18(16,17)14(3)7-11(15)13-2/h4-6H,7H2,1-3H3,(H,13,15). The lowest BCUT2D eigenvalue weighted by atomic mass is 10.2. The molecule has 0 bridgehead atoms. The SMILES string of the molecule is CNC(=O)CN(C)S(=O)(=O)c1ccc(C)cc1Br. The minimum Gasteiger partial charge on any atom is -0.358 e. The Labute approximate surface area is 115 Å². The van der Waals surface area contributed by atoms with Gasteiger partial charge in [0.05, 0.1) is 11.4 Å². The van der Waals surface area contributed by atoms with E-state index in [1.165, 1.54) is 20.2 Å². The molecule has 0 radical (unpaired) electrons. The van der Waals surface area contributed by atoms with Gasteiger partial charge < -0.3 is 5.32 Å². The third-order valence-electron chi connectivity index (χ3n) is 2.42. The number of hydrogen-bond acceptors (Lipinski definition) is 3. The van der Waals surface area contributed by atoms with E-state index >= 15 is 0 Å². The van der Waals surface area contributed by atoms with Gasteiger partial charge in [-0.2, -0.15) is 4.31 Å². The summed E-state index contributed by atoms with van der Waals surface area (Å²) in [6.07, 6.45) is 0. The molecular weight excluding hydrogens is 320 g/mol. The number of sulfonamides is 1. The molecule has 1 amide bonds. The molecule has 1 N–H and O–H groups in total. The number of likely N-dealkylation sites (N-methyl/N-ethyl adjacent to an activating group) is 2. The zero-order chi connectivity index (χ0) is 13.9. The lowest BCUT2D eigenvalue weighted by molar-refractivity contribution is -0.120. The third-order valence-corrected chi connectivity index (χ3v) is 5.20. The van der Waals surface area contributed by atoms with E-state index in [1.807, 2.05) is 6.92 Å². The van der Waals surface area contributed by atoms with Crippen molar-refractivity contribution in [3.05, 3.63) is 28.2 Å². The van der Waals surface area contributed by atoms with E-state index < -0.39 is 10.0 Å². The van der Waals surface area contributed by atoms with Gasteiger partial charge in [-0.1, -0.05) is 6.07 Å². The average molecular weight is 335 g/mol. The highest BCUT2D eigenvalue weighted by atomic mass is 79.9. The van der Waals surface area contributed by atoms with Crippen LogP contribution < -0.4 is 5.32 Å². The second kappa shape index (κ2) is 5.81. The Bertz CT molecular complexity index is 557. The zero-order valence-electron chi connectivity index (χ0n) is 10.4. The third kappa shape index (κ3) is 3.30. The molecule has 7 heteroatoms. The summed E-state index contributed by atoms with van der Waals surface area (Å²) in [7, 11) is -0.831.